The Morgan fingerprint density at radius 2 is 2.07 bits per heavy atom. The van der Waals surface area contributed by atoms with Gasteiger partial charge in [-0.15, -0.1) is 0 Å². The topological polar surface area (TPSA) is 66.9 Å². The molecule has 0 fully saturated rings. The predicted octanol–water partition coefficient (Wildman–Crippen LogP) is 1.52. The summed E-state index contributed by atoms with van der Waals surface area (Å²) >= 11 is 6.74. The van der Waals surface area contributed by atoms with Gasteiger partial charge < -0.3 is 10.6 Å². The van der Waals surface area contributed by atoms with Crippen LogP contribution in [0.25, 0.3) is 0 Å². The van der Waals surface area contributed by atoms with E-state index in [1.165, 1.54) is 0 Å². The van der Waals surface area contributed by atoms with Crippen molar-refractivity contribution < 1.29 is 4.79 Å². The summed E-state index contributed by atoms with van der Waals surface area (Å²) < 4.78 is 7.72. The first kappa shape index (κ1) is 12.2. The number of carbonyl (C=O) groups excluding carboxylic acids is 1. The lowest BCUT2D eigenvalue weighted by Crippen LogP contribution is -2.41. The summed E-state index contributed by atoms with van der Waals surface area (Å²) in [6, 6.07) is -0.264. The van der Waals surface area contributed by atoms with Gasteiger partial charge in [0.15, 0.2) is 11.0 Å². The highest BCUT2D eigenvalue weighted by atomic mass is 35.5. The zero-order valence-corrected chi connectivity index (χ0v) is 10.3. The second-order valence-electron chi connectivity index (χ2n) is 3.43. The first-order valence-electron chi connectivity index (χ1n) is 4.55. The SMILES string of the molecule is CC(C)NC(=O)C(C)Nc1nsnc1Cl. The van der Waals surface area contributed by atoms with Crippen molar-refractivity contribution >= 4 is 35.1 Å². The first-order chi connectivity index (χ1) is 7.00. The Balaban J connectivity index is 2.52. The summed E-state index contributed by atoms with van der Waals surface area (Å²) in [7, 11) is 0. The molecule has 1 amide bonds. The van der Waals surface area contributed by atoms with Gasteiger partial charge in [0.25, 0.3) is 0 Å². The first-order valence-corrected chi connectivity index (χ1v) is 5.66. The van der Waals surface area contributed by atoms with E-state index in [-0.39, 0.29) is 18.0 Å². The van der Waals surface area contributed by atoms with Gasteiger partial charge in [-0.1, -0.05) is 11.6 Å². The third-order valence-electron chi connectivity index (χ3n) is 1.63. The molecule has 0 saturated heterocycles. The molecule has 1 heterocycles. The van der Waals surface area contributed by atoms with Gasteiger partial charge in [0.2, 0.25) is 5.91 Å². The van der Waals surface area contributed by atoms with Crippen LogP contribution in [0, 0.1) is 0 Å². The van der Waals surface area contributed by atoms with Crippen LogP contribution in [0.15, 0.2) is 0 Å². The molecule has 1 aromatic rings. The monoisotopic (exact) mass is 248 g/mol. The summed E-state index contributed by atoms with van der Waals surface area (Å²) in [5.41, 5.74) is 0. The third-order valence-corrected chi connectivity index (χ3v) is 2.52. The van der Waals surface area contributed by atoms with E-state index >= 15 is 0 Å². The Morgan fingerprint density at radius 1 is 1.40 bits per heavy atom. The van der Waals surface area contributed by atoms with Crippen LogP contribution in [0.2, 0.25) is 5.15 Å². The summed E-state index contributed by atoms with van der Waals surface area (Å²) in [5.74, 6) is 0.363. The number of rotatable bonds is 4. The van der Waals surface area contributed by atoms with Gasteiger partial charge in [-0.2, -0.15) is 8.75 Å². The van der Waals surface area contributed by atoms with E-state index in [9.17, 15) is 4.79 Å². The zero-order chi connectivity index (χ0) is 11.4. The van der Waals surface area contributed by atoms with Crippen molar-refractivity contribution in [2.24, 2.45) is 0 Å². The summed E-state index contributed by atoms with van der Waals surface area (Å²) in [5, 5.41) is 5.97. The normalized spacial score (nSPS) is 12.6. The lowest BCUT2D eigenvalue weighted by Gasteiger charge is -2.15. The molecule has 0 bridgehead atoms. The number of amides is 1. The van der Waals surface area contributed by atoms with E-state index in [1.807, 2.05) is 13.8 Å². The number of hydrogen-bond donors (Lipinski definition) is 2. The molecule has 15 heavy (non-hydrogen) atoms. The molecule has 0 aliphatic heterocycles. The van der Waals surface area contributed by atoms with Gasteiger partial charge in [-0.05, 0) is 20.8 Å². The van der Waals surface area contributed by atoms with Gasteiger partial charge in [0, 0.05) is 6.04 Å². The average Bonchev–Trinajstić information content (AvgIpc) is 2.50. The summed E-state index contributed by atoms with van der Waals surface area (Å²) in [6.45, 7) is 5.55. The molecule has 5 nitrogen and oxygen atoms in total. The average molecular weight is 249 g/mol. The van der Waals surface area contributed by atoms with Crippen molar-refractivity contribution in [3.05, 3.63) is 5.15 Å². The van der Waals surface area contributed by atoms with E-state index in [1.54, 1.807) is 6.92 Å². The second kappa shape index (κ2) is 5.27. The van der Waals surface area contributed by atoms with Crippen molar-refractivity contribution in [2.75, 3.05) is 5.32 Å². The molecule has 0 saturated carbocycles. The number of nitrogens with zero attached hydrogens (tertiary/aromatic N) is 2. The number of anilines is 1. The van der Waals surface area contributed by atoms with Crippen LogP contribution in [0.4, 0.5) is 5.82 Å². The molecule has 0 aliphatic carbocycles. The van der Waals surface area contributed by atoms with Crippen LogP contribution < -0.4 is 10.6 Å². The second-order valence-corrected chi connectivity index (χ2v) is 4.32. The van der Waals surface area contributed by atoms with E-state index in [2.05, 4.69) is 19.4 Å². The Morgan fingerprint density at radius 3 is 2.53 bits per heavy atom. The molecule has 7 heteroatoms. The Labute approximate surface area is 97.5 Å². The predicted molar refractivity (Wildman–Crippen MR) is 61.3 cm³/mol. The van der Waals surface area contributed by atoms with Crippen LogP contribution in [0.3, 0.4) is 0 Å². The fourth-order valence-electron chi connectivity index (χ4n) is 0.944. The molecule has 1 rings (SSSR count). The number of hydrogen-bond acceptors (Lipinski definition) is 5. The minimum absolute atomic E-state index is 0.0888. The highest BCUT2D eigenvalue weighted by Gasteiger charge is 2.16. The highest BCUT2D eigenvalue weighted by Crippen LogP contribution is 2.18. The van der Waals surface area contributed by atoms with Crippen LogP contribution in [-0.4, -0.2) is 26.7 Å². The van der Waals surface area contributed by atoms with Crippen molar-refractivity contribution in [1.82, 2.24) is 14.1 Å². The zero-order valence-electron chi connectivity index (χ0n) is 8.74. The highest BCUT2D eigenvalue weighted by molar-refractivity contribution is 6.99. The summed E-state index contributed by atoms with van der Waals surface area (Å²) in [4.78, 5) is 11.5. The molecular formula is C8H13ClN4OS. The Kier molecular flexibility index (Phi) is 4.28. The fourth-order valence-corrected chi connectivity index (χ4v) is 1.60. The van der Waals surface area contributed by atoms with Gasteiger partial charge in [0.05, 0.1) is 11.7 Å². The standard InChI is InChI=1S/C8H13ClN4OS/c1-4(2)10-8(14)5(3)11-7-6(9)12-15-13-7/h4-5H,1-3H3,(H,10,14)(H,11,13). The quantitative estimate of drug-likeness (QED) is 0.848. The van der Waals surface area contributed by atoms with Crippen molar-refractivity contribution in [1.29, 1.82) is 0 Å². The molecule has 1 unspecified atom stereocenters. The largest absolute Gasteiger partial charge is 0.355 e. The number of aromatic nitrogens is 2. The maximum absolute atomic E-state index is 11.5. The van der Waals surface area contributed by atoms with E-state index in [4.69, 9.17) is 11.6 Å². The van der Waals surface area contributed by atoms with Crippen molar-refractivity contribution in [3.8, 4) is 0 Å². The molecule has 0 aromatic carbocycles. The molecule has 0 radical (unpaired) electrons. The van der Waals surface area contributed by atoms with Crippen molar-refractivity contribution in [3.63, 3.8) is 0 Å². The van der Waals surface area contributed by atoms with Crippen LogP contribution in [0.1, 0.15) is 20.8 Å². The van der Waals surface area contributed by atoms with Crippen LogP contribution in [0.5, 0.6) is 0 Å². The molecule has 1 atom stereocenters. The van der Waals surface area contributed by atoms with Crippen molar-refractivity contribution in [2.45, 2.75) is 32.9 Å². The smallest absolute Gasteiger partial charge is 0.242 e. The lowest BCUT2D eigenvalue weighted by atomic mass is 10.3. The Hall–Kier alpha value is -0.880. The van der Waals surface area contributed by atoms with Gasteiger partial charge >= 0.3 is 0 Å². The summed E-state index contributed by atoms with van der Waals surface area (Å²) in [6.07, 6.45) is 0. The Bertz CT molecular complexity index is 341. The molecule has 0 aliphatic rings. The molecule has 1 aromatic heterocycles. The van der Waals surface area contributed by atoms with E-state index in [0.717, 1.165) is 11.7 Å². The maximum Gasteiger partial charge on any atom is 0.242 e. The minimum atomic E-state index is -0.381. The molecule has 2 N–H and O–H groups in total. The van der Waals surface area contributed by atoms with Gasteiger partial charge in [0.1, 0.15) is 6.04 Å². The number of carbonyl (C=O) groups is 1. The molecule has 0 spiro atoms. The molecular weight excluding hydrogens is 236 g/mol. The number of halogens is 1. The fraction of sp³-hybridized carbons (Fsp3) is 0.625. The van der Waals surface area contributed by atoms with Crippen LogP contribution >= 0.6 is 23.3 Å². The third kappa shape index (κ3) is 3.64. The maximum atomic E-state index is 11.5. The van der Waals surface area contributed by atoms with E-state index in [0.29, 0.717) is 11.0 Å². The van der Waals surface area contributed by atoms with Gasteiger partial charge in [-0.25, -0.2) is 0 Å². The van der Waals surface area contributed by atoms with Gasteiger partial charge in [-0.3, -0.25) is 4.79 Å². The van der Waals surface area contributed by atoms with Crippen LogP contribution in [-0.2, 0) is 4.79 Å². The van der Waals surface area contributed by atoms with E-state index < -0.39 is 0 Å². The number of nitrogens with one attached hydrogen (secondary N) is 2. The molecule has 84 valence electrons. The minimum Gasteiger partial charge on any atom is -0.355 e. The lowest BCUT2D eigenvalue weighted by molar-refractivity contribution is -0.122.